The third kappa shape index (κ3) is 5.67. The Hall–Kier alpha value is -5.29. The van der Waals surface area contributed by atoms with E-state index in [-0.39, 0.29) is 10.8 Å². The summed E-state index contributed by atoms with van der Waals surface area (Å²) < 4.78 is 2.38. The second-order valence-corrected chi connectivity index (χ2v) is 14.3. The first-order valence-electron chi connectivity index (χ1n) is 16.3. The molecule has 0 amide bonds. The Morgan fingerprint density at radius 1 is 0.511 bits per heavy atom. The van der Waals surface area contributed by atoms with Crippen LogP contribution in [0.5, 0.6) is 0 Å². The van der Waals surface area contributed by atoms with Crippen LogP contribution in [0.3, 0.4) is 0 Å². The molecule has 0 unspecified atom stereocenters. The Kier molecular flexibility index (Phi) is 7.43. The fourth-order valence-corrected chi connectivity index (χ4v) is 6.24. The molecule has 0 saturated carbocycles. The topological polar surface area (TPSA) is 55.6 Å². The van der Waals surface area contributed by atoms with Crippen LogP contribution in [0.4, 0.5) is 5.69 Å². The smallest absolute Gasteiger partial charge is 0.166 e. The number of hydrogen-bond donors (Lipinski definition) is 1. The summed E-state index contributed by atoms with van der Waals surface area (Å²) in [5, 5.41) is 5.92. The average Bonchev–Trinajstić information content (AvgIpc) is 3.41. The first kappa shape index (κ1) is 30.4. The molecular formula is C42H41N5. The van der Waals surface area contributed by atoms with E-state index >= 15 is 0 Å². The fraction of sp³-hybridized carbons (Fsp3) is 0.214. The van der Waals surface area contributed by atoms with Crippen molar-refractivity contribution in [3.8, 4) is 39.9 Å². The summed E-state index contributed by atoms with van der Waals surface area (Å²) in [6, 6.07) is 40.6. The highest BCUT2D eigenvalue weighted by molar-refractivity contribution is 6.10. The molecule has 5 nitrogen and oxygen atoms in total. The lowest BCUT2D eigenvalue weighted by atomic mass is 9.85. The van der Waals surface area contributed by atoms with Crippen LogP contribution >= 0.6 is 0 Å². The number of nitrogens with one attached hydrogen (secondary N) is 1. The van der Waals surface area contributed by atoms with Crippen LogP contribution in [0, 0.1) is 0 Å². The van der Waals surface area contributed by atoms with E-state index in [1.165, 1.54) is 32.9 Å². The lowest BCUT2D eigenvalue weighted by molar-refractivity contribution is 0.590. The van der Waals surface area contributed by atoms with Crippen molar-refractivity contribution >= 4 is 27.5 Å². The maximum Gasteiger partial charge on any atom is 0.166 e. The predicted molar refractivity (Wildman–Crippen MR) is 197 cm³/mol. The first-order valence-corrected chi connectivity index (χ1v) is 16.3. The van der Waals surface area contributed by atoms with Gasteiger partial charge in [0.2, 0.25) is 0 Å². The van der Waals surface area contributed by atoms with Crippen molar-refractivity contribution in [3.63, 3.8) is 0 Å². The number of aromatic nitrogens is 4. The van der Waals surface area contributed by atoms with E-state index < -0.39 is 0 Å². The molecule has 0 fully saturated rings. The van der Waals surface area contributed by atoms with Crippen molar-refractivity contribution < 1.29 is 0 Å². The Morgan fingerprint density at radius 3 is 1.43 bits per heavy atom. The van der Waals surface area contributed by atoms with E-state index in [9.17, 15) is 0 Å². The summed E-state index contributed by atoms with van der Waals surface area (Å²) in [6.45, 7) is 13.7. The molecule has 0 aliphatic carbocycles. The normalized spacial score (nSPS) is 12.1. The number of fused-ring (bicyclic) bond motifs is 3. The highest BCUT2D eigenvalue weighted by Gasteiger charge is 2.22. The maximum atomic E-state index is 5.06. The highest BCUT2D eigenvalue weighted by atomic mass is 15.0. The van der Waals surface area contributed by atoms with Gasteiger partial charge in [-0.15, -0.1) is 0 Å². The fourth-order valence-electron chi connectivity index (χ4n) is 6.24. The van der Waals surface area contributed by atoms with Gasteiger partial charge in [-0.25, -0.2) is 15.0 Å². The molecule has 1 N–H and O–H groups in total. The Labute approximate surface area is 277 Å². The van der Waals surface area contributed by atoms with Gasteiger partial charge >= 0.3 is 0 Å². The minimum absolute atomic E-state index is 0.0392. The lowest BCUT2D eigenvalue weighted by Gasteiger charge is -2.19. The molecule has 0 spiro atoms. The molecule has 7 rings (SSSR count). The maximum absolute atomic E-state index is 5.06. The zero-order valence-corrected chi connectivity index (χ0v) is 28.3. The molecule has 0 aliphatic heterocycles. The molecule has 2 heterocycles. The van der Waals surface area contributed by atoms with E-state index in [1.54, 1.807) is 0 Å². The standard InChI is InChI=1S/C42H41N5/c1-41(2,3)29-18-22-36-32(24-29)33-25-30(42(4,5)6)19-23-37(33)47(36)31-20-21-35(43-7)34(26-31)40-45-38(27-14-10-8-11-15-27)44-39(46-40)28-16-12-9-13-17-28/h8-26,43H,1-7H3. The van der Waals surface area contributed by atoms with Gasteiger partial charge < -0.3 is 9.88 Å². The van der Waals surface area contributed by atoms with Gasteiger partial charge in [0.05, 0.1) is 11.0 Å². The van der Waals surface area contributed by atoms with Crippen molar-refractivity contribution in [1.82, 2.24) is 19.5 Å². The van der Waals surface area contributed by atoms with Gasteiger partial charge in [0.1, 0.15) is 0 Å². The molecule has 2 aromatic heterocycles. The number of nitrogens with zero attached hydrogens (tertiary/aromatic N) is 4. The van der Waals surface area contributed by atoms with Gasteiger partial charge in [0.25, 0.3) is 0 Å². The van der Waals surface area contributed by atoms with Gasteiger partial charge in [-0.3, -0.25) is 0 Å². The van der Waals surface area contributed by atoms with Gasteiger partial charge in [-0.1, -0.05) is 114 Å². The van der Waals surface area contributed by atoms with Crippen molar-refractivity contribution in [2.45, 2.75) is 52.4 Å². The summed E-state index contributed by atoms with van der Waals surface area (Å²) in [6.07, 6.45) is 0. The monoisotopic (exact) mass is 615 g/mol. The predicted octanol–water partition coefficient (Wildman–Crippen LogP) is 10.6. The molecule has 7 aromatic rings. The highest BCUT2D eigenvalue weighted by Crippen LogP contribution is 2.39. The summed E-state index contributed by atoms with van der Waals surface area (Å²) in [5.74, 6) is 1.90. The van der Waals surface area contributed by atoms with E-state index in [4.69, 9.17) is 15.0 Å². The van der Waals surface area contributed by atoms with Crippen LogP contribution in [0.25, 0.3) is 61.7 Å². The largest absolute Gasteiger partial charge is 0.388 e. The molecule has 0 radical (unpaired) electrons. The summed E-state index contributed by atoms with van der Waals surface area (Å²) in [7, 11) is 1.94. The number of hydrogen-bond acceptors (Lipinski definition) is 4. The van der Waals surface area contributed by atoms with Crippen LogP contribution in [-0.2, 0) is 10.8 Å². The summed E-state index contributed by atoms with van der Waals surface area (Å²) >= 11 is 0. The van der Waals surface area contributed by atoms with Crippen molar-refractivity contribution in [2.24, 2.45) is 0 Å². The number of rotatable bonds is 5. The van der Waals surface area contributed by atoms with Crippen molar-refractivity contribution in [2.75, 3.05) is 12.4 Å². The zero-order valence-electron chi connectivity index (χ0n) is 28.3. The van der Waals surface area contributed by atoms with Crippen LogP contribution < -0.4 is 5.32 Å². The summed E-state index contributed by atoms with van der Waals surface area (Å²) in [5.41, 5.74) is 9.87. The molecule has 0 atom stereocenters. The first-order chi connectivity index (χ1) is 22.5. The minimum Gasteiger partial charge on any atom is -0.388 e. The molecule has 5 aromatic carbocycles. The average molecular weight is 616 g/mol. The van der Waals surface area contributed by atoms with Crippen molar-refractivity contribution in [3.05, 3.63) is 126 Å². The van der Waals surface area contributed by atoms with Gasteiger partial charge in [-0.2, -0.15) is 0 Å². The second kappa shape index (κ2) is 11.5. The Morgan fingerprint density at radius 2 is 0.979 bits per heavy atom. The summed E-state index contributed by atoms with van der Waals surface area (Å²) in [4.78, 5) is 15.0. The Bertz CT molecular complexity index is 2110. The molecule has 47 heavy (non-hydrogen) atoms. The van der Waals surface area contributed by atoms with Gasteiger partial charge in [0.15, 0.2) is 17.5 Å². The van der Waals surface area contributed by atoms with Gasteiger partial charge in [0, 0.05) is 45.9 Å². The molecule has 0 bridgehead atoms. The van der Waals surface area contributed by atoms with E-state index in [2.05, 4.69) is 106 Å². The molecule has 234 valence electrons. The molecule has 0 saturated heterocycles. The second-order valence-electron chi connectivity index (χ2n) is 14.3. The van der Waals surface area contributed by atoms with E-state index in [0.29, 0.717) is 17.5 Å². The number of anilines is 1. The minimum atomic E-state index is 0.0392. The quantitative estimate of drug-likeness (QED) is 0.209. The third-order valence-corrected chi connectivity index (χ3v) is 8.97. The van der Waals surface area contributed by atoms with Crippen LogP contribution in [0.1, 0.15) is 52.7 Å². The molecular weight excluding hydrogens is 574 g/mol. The van der Waals surface area contributed by atoms with E-state index in [1.807, 2.05) is 67.7 Å². The van der Waals surface area contributed by atoms with Crippen molar-refractivity contribution in [1.29, 1.82) is 0 Å². The zero-order chi connectivity index (χ0) is 32.9. The van der Waals surface area contributed by atoms with Crippen LogP contribution in [-0.4, -0.2) is 26.6 Å². The van der Waals surface area contributed by atoms with Crippen LogP contribution in [0.15, 0.2) is 115 Å². The molecule has 5 heteroatoms. The number of benzene rings is 5. The van der Waals surface area contributed by atoms with E-state index in [0.717, 1.165) is 28.1 Å². The lowest BCUT2D eigenvalue weighted by Crippen LogP contribution is -2.10. The third-order valence-electron chi connectivity index (χ3n) is 8.97. The van der Waals surface area contributed by atoms with Crippen LogP contribution in [0.2, 0.25) is 0 Å². The van der Waals surface area contributed by atoms with Gasteiger partial charge in [-0.05, 0) is 64.4 Å². The SMILES string of the molecule is CNc1ccc(-n2c3ccc(C(C)(C)C)cc3c3cc(C(C)(C)C)ccc32)cc1-c1nc(-c2ccccc2)nc(-c2ccccc2)n1. The molecule has 0 aliphatic rings. The Balaban J connectivity index is 1.49.